The average molecular weight is 442 g/mol. The van der Waals surface area contributed by atoms with E-state index in [9.17, 15) is 13.2 Å². The summed E-state index contributed by atoms with van der Waals surface area (Å²) in [6.45, 7) is 1.13. The molecule has 3 aromatic rings. The fourth-order valence-electron chi connectivity index (χ4n) is 3.72. The first kappa shape index (κ1) is 20.9. The molecule has 162 valence electrons. The maximum Gasteiger partial charge on any atom is 0.262 e. The molecular formula is C21H23N5O4S. The third-order valence-electron chi connectivity index (χ3n) is 5.30. The van der Waals surface area contributed by atoms with Gasteiger partial charge in [-0.3, -0.25) is 9.52 Å². The number of methoxy groups -OCH3 is 1. The summed E-state index contributed by atoms with van der Waals surface area (Å²) in [4.78, 5) is 14.8. The number of carbonyl (C=O) groups is 1. The zero-order valence-electron chi connectivity index (χ0n) is 17.0. The highest BCUT2D eigenvalue weighted by atomic mass is 32.2. The second-order valence-corrected chi connectivity index (χ2v) is 9.00. The number of piperidine rings is 1. The van der Waals surface area contributed by atoms with E-state index in [1.165, 1.54) is 19.2 Å². The van der Waals surface area contributed by atoms with Crippen molar-refractivity contribution < 1.29 is 17.9 Å². The van der Waals surface area contributed by atoms with Crippen molar-refractivity contribution >= 4 is 21.6 Å². The van der Waals surface area contributed by atoms with E-state index in [4.69, 9.17) is 4.74 Å². The predicted octanol–water partition coefficient (Wildman–Crippen LogP) is 2.63. The second kappa shape index (κ2) is 8.76. The number of rotatable bonds is 6. The number of H-pyrrole nitrogens is 1. The minimum Gasteiger partial charge on any atom is -0.495 e. The summed E-state index contributed by atoms with van der Waals surface area (Å²) in [5.41, 5.74) is 1.48. The van der Waals surface area contributed by atoms with E-state index in [0.29, 0.717) is 30.1 Å². The Morgan fingerprint density at radius 1 is 1.23 bits per heavy atom. The van der Waals surface area contributed by atoms with Gasteiger partial charge in [-0.1, -0.05) is 18.2 Å². The fourth-order valence-corrected chi connectivity index (χ4v) is 4.84. The highest BCUT2D eigenvalue weighted by Gasteiger charge is 2.27. The molecule has 2 N–H and O–H groups in total. The number of nitrogens with one attached hydrogen (secondary N) is 2. The Hall–Kier alpha value is -3.40. The summed E-state index contributed by atoms with van der Waals surface area (Å²) < 4.78 is 33.6. The van der Waals surface area contributed by atoms with Crippen molar-refractivity contribution in [2.45, 2.75) is 23.7 Å². The monoisotopic (exact) mass is 441 g/mol. The molecule has 0 saturated carbocycles. The van der Waals surface area contributed by atoms with Crippen LogP contribution in [0.25, 0.3) is 0 Å². The Kier molecular flexibility index (Phi) is 5.90. The molecule has 1 saturated heterocycles. The third kappa shape index (κ3) is 4.53. The van der Waals surface area contributed by atoms with Crippen LogP contribution in [-0.4, -0.2) is 54.8 Å². The number of ether oxygens (including phenoxy) is 1. The van der Waals surface area contributed by atoms with Gasteiger partial charge in [-0.05, 0) is 43.2 Å². The van der Waals surface area contributed by atoms with Crippen LogP contribution in [0.15, 0.2) is 59.6 Å². The van der Waals surface area contributed by atoms with Gasteiger partial charge in [0, 0.05) is 24.6 Å². The van der Waals surface area contributed by atoms with Crippen LogP contribution in [0.1, 0.15) is 34.8 Å². The predicted molar refractivity (Wildman–Crippen MR) is 115 cm³/mol. The molecular weight excluding hydrogens is 418 g/mol. The number of sulfonamides is 1. The Bertz CT molecular complexity index is 1160. The van der Waals surface area contributed by atoms with E-state index in [-0.39, 0.29) is 16.7 Å². The molecule has 2 aromatic carbocycles. The Morgan fingerprint density at radius 3 is 2.84 bits per heavy atom. The van der Waals surface area contributed by atoms with E-state index < -0.39 is 10.0 Å². The number of aromatic amines is 1. The molecule has 2 heterocycles. The number of carbonyl (C=O) groups excluding carboxylic acids is 1. The van der Waals surface area contributed by atoms with Gasteiger partial charge in [-0.25, -0.2) is 8.42 Å². The number of benzene rings is 2. The van der Waals surface area contributed by atoms with Crippen molar-refractivity contribution in [2.24, 2.45) is 0 Å². The number of hydrogen-bond donors (Lipinski definition) is 2. The van der Waals surface area contributed by atoms with Gasteiger partial charge >= 0.3 is 0 Å². The number of nitrogens with zero attached hydrogens (tertiary/aromatic N) is 3. The molecule has 9 nitrogen and oxygen atoms in total. The number of anilines is 1. The van der Waals surface area contributed by atoms with Gasteiger partial charge in [0.15, 0.2) is 0 Å². The first-order valence-electron chi connectivity index (χ1n) is 9.89. The maximum atomic E-state index is 13.1. The van der Waals surface area contributed by atoms with E-state index in [1.54, 1.807) is 47.5 Å². The summed E-state index contributed by atoms with van der Waals surface area (Å²) in [6.07, 6.45) is 3.44. The Labute approximate surface area is 180 Å². The number of para-hydroxylation sites is 2. The van der Waals surface area contributed by atoms with E-state index in [0.717, 1.165) is 18.5 Å². The molecule has 1 aliphatic rings. The molecule has 0 spiro atoms. The largest absolute Gasteiger partial charge is 0.495 e. The SMILES string of the molecule is COc1ccccc1NS(=O)(=O)c1cccc(C(=O)N2CCCC(c3cn[nH]n3)C2)c1. The van der Waals surface area contributed by atoms with Crippen LogP contribution in [0, 0.1) is 0 Å². The number of hydrogen-bond acceptors (Lipinski definition) is 6. The minimum atomic E-state index is -3.90. The lowest BCUT2D eigenvalue weighted by Crippen LogP contribution is -2.39. The summed E-state index contributed by atoms with van der Waals surface area (Å²) in [6, 6.07) is 12.8. The van der Waals surface area contributed by atoms with E-state index in [2.05, 4.69) is 20.1 Å². The average Bonchev–Trinajstić information content (AvgIpc) is 3.34. The zero-order chi connectivity index (χ0) is 21.8. The molecule has 1 atom stereocenters. The van der Waals surface area contributed by atoms with Gasteiger partial charge in [0.2, 0.25) is 0 Å². The summed E-state index contributed by atoms with van der Waals surface area (Å²) in [5, 5.41) is 10.6. The van der Waals surface area contributed by atoms with E-state index in [1.807, 2.05) is 0 Å². The molecule has 0 radical (unpaired) electrons. The normalized spacial score (nSPS) is 16.7. The molecule has 1 amide bonds. The molecule has 1 fully saturated rings. The standard InChI is InChI=1S/C21H23N5O4S/c1-30-20-10-3-2-9-18(20)24-31(28,29)17-8-4-6-15(12-17)21(27)26-11-5-7-16(14-26)19-13-22-25-23-19/h2-4,6,8-10,12-13,16,24H,5,7,11,14H2,1H3,(H,22,23,25). The van der Waals surface area contributed by atoms with Crippen LogP contribution in [0.4, 0.5) is 5.69 Å². The Balaban J connectivity index is 1.54. The van der Waals surface area contributed by atoms with Crippen molar-refractivity contribution in [3.8, 4) is 5.75 Å². The van der Waals surface area contributed by atoms with Crippen LogP contribution >= 0.6 is 0 Å². The van der Waals surface area contributed by atoms with Crippen molar-refractivity contribution in [1.82, 2.24) is 20.3 Å². The van der Waals surface area contributed by atoms with Crippen LogP contribution in [-0.2, 0) is 10.0 Å². The highest BCUT2D eigenvalue weighted by Crippen LogP contribution is 2.28. The highest BCUT2D eigenvalue weighted by molar-refractivity contribution is 7.92. The lowest BCUT2D eigenvalue weighted by Gasteiger charge is -2.32. The van der Waals surface area contributed by atoms with Crippen molar-refractivity contribution in [2.75, 3.05) is 24.9 Å². The molecule has 1 unspecified atom stereocenters. The lowest BCUT2D eigenvalue weighted by molar-refractivity contribution is 0.0705. The number of aromatic nitrogens is 3. The molecule has 0 bridgehead atoms. The second-order valence-electron chi connectivity index (χ2n) is 7.32. The third-order valence-corrected chi connectivity index (χ3v) is 6.67. The molecule has 1 aromatic heterocycles. The first-order valence-corrected chi connectivity index (χ1v) is 11.4. The minimum absolute atomic E-state index is 0.00863. The molecule has 10 heteroatoms. The smallest absolute Gasteiger partial charge is 0.262 e. The van der Waals surface area contributed by atoms with Crippen molar-refractivity contribution in [1.29, 1.82) is 0 Å². The quantitative estimate of drug-likeness (QED) is 0.607. The molecule has 31 heavy (non-hydrogen) atoms. The summed E-state index contributed by atoms with van der Waals surface area (Å²) in [5.74, 6) is 0.309. The van der Waals surface area contributed by atoms with Gasteiger partial charge in [-0.2, -0.15) is 15.4 Å². The zero-order valence-corrected chi connectivity index (χ0v) is 17.8. The molecule has 4 rings (SSSR count). The lowest BCUT2D eigenvalue weighted by atomic mass is 9.95. The first-order chi connectivity index (χ1) is 15.0. The van der Waals surface area contributed by atoms with Gasteiger partial charge in [0.1, 0.15) is 5.75 Å². The van der Waals surface area contributed by atoms with Crippen LogP contribution in [0.5, 0.6) is 5.75 Å². The van der Waals surface area contributed by atoms with Crippen LogP contribution < -0.4 is 9.46 Å². The fraction of sp³-hybridized carbons (Fsp3) is 0.286. The molecule has 1 aliphatic heterocycles. The number of amides is 1. The maximum absolute atomic E-state index is 13.1. The van der Waals surface area contributed by atoms with Crippen LogP contribution in [0.3, 0.4) is 0 Å². The van der Waals surface area contributed by atoms with Gasteiger partial charge in [0.05, 0.1) is 29.6 Å². The Morgan fingerprint density at radius 2 is 2.06 bits per heavy atom. The van der Waals surface area contributed by atoms with Gasteiger partial charge in [-0.15, -0.1) is 0 Å². The topological polar surface area (TPSA) is 117 Å². The van der Waals surface area contributed by atoms with Crippen molar-refractivity contribution in [3.63, 3.8) is 0 Å². The van der Waals surface area contributed by atoms with E-state index >= 15 is 0 Å². The van der Waals surface area contributed by atoms with Crippen LogP contribution in [0.2, 0.25) is 0 Å². The van der Waals surface area contributed by atoms with Gasteiger partial charge < -0.3 is 9.64 Å². The summed E-state index contributed by atoms with van der Waals surface area (Å²) in [7, 11) is -2.43. The summed E-state index contributed by atoms with van der Waals surface area (Å²) >= 11 is 0. The van der Waals surface area contributed by atoms with Gasteiger partial charge in [0.25, 0.3) is 15.9 Å². The number of likely N-dealkylation sites (tertiary alicyclic amines) is 1. The molecule has 0 aliphatic carbocycles. The van der Waals surface area contributed by atoms with Crippen molar-refractivity contribution in [3.05, 3.63) is 66.0 Å².